The average molecular weight is 304 g/mol. The minimum Gasteiger partial charge on any atom is -0.497 e. The Morgan fingerprint density at radius 1 is 1.09 bits per heavy atom. The molecule has 1 aromatic rings. The molecule has 5 nitrogen and oxygen atoms in total. The molecule has 0 atom stereocenters. The lowest BCUT2D eigenvalue weighted by Gasteiger charge is -2.19. The van der Waals surface area contributed by atoms with E-state index in [1.54, 1.807) is 7.11 Å². The molecule has 0 spiro atoms. The number of carbonyl (C=O) groups excluding carboxylic acids is 2. The summed E-state index contributed by atoms with van der Waals surface area (Å²) in [6.45, 7) is 1.99. The van der Waals surface area contributed by atoms with E-state index in [9.17, 15) is 9.59 Å². The zero-order chi connectivity index (χ0) is 15.8. The first-order valence-corrected chi connectivity index (χ1v) is 7.86. The quantitative estimate of drug-likeness (QED) is 0.848. The molecular weight excluding hydrogens is 280 g/mol. The predicted octanol–water partition coefficient (Wildman–Crippen LogP) is 2.10. The third-order valence-corrected chi connectivity index (χ3v) is 3.92. The second kappa shape index (κ2) is 8.41. The summed E-state index contributed by atoms with van der Waals surface area (Å²) in [6.07, 6.45) is 4.37. The summed E-state index contributed by atoms with van der Waals surface area (Å²) in [4.78, 5) is 25.8. The van der Waals surface area contributed by atoms with Gasteiger partial charge in [0.05, 0.1) is 7.11 Å². The van der Waals surface area contributed by atoms with Crippen LogP contribution in [-0.2, 0) is 16.1 Å². The van der Waals surface area contributed by atoms with Gasteiger partial charge in [-0.25, -0.2) is 0 Å². The largest absolute Gasteiger partial charge is 0.497 e. The Labute approximate surface area is 131 Å². The molecule has 5 heteroatoms. The van der Waals surface area contributed by atoms with E-state index in [0.717, 1.165) is 37.2 Å². The topological polar surface area (TPSA) is 58.6 Å². The Kier molecular flexibility index (Phi) is 6.25. The maximum atomic E-state index is 12.1. The number of amides is 2. The van der Waals surface area contributed by atoms with Gasteiger partial charge in [-0.3, -0.25) is 9.59 Å². The van der Waals surface area contributed by atoms with Gasteiger partial charge < -0.3 is 15.0 Å². The SMILES string of the molecule is COc1ccc(CNC(=O)CC(=O)N2CCCCCC2)cc1. The van der Waals surface area contributed by atoms with E-state index in [-0.39, 0.29) is 18.2 Å². The van der Waals surface area contributed by atoms with Gasteiger partial charge in [-0.15, -0.1) is 0 Å². The molecule has 1 fully saturated rings. The highest BCUT2D eigenvalue weighted by Crippen LogP contribution is 2.12. The molecule has 1 heterocycles. The Bertz CT molecular complexity index is 491. The van der Waals surface area contributed by atoms with Gasteiger partial charge in [-0.1, -0.05) is 25.0 Å². The number of nitrogens with one attached hydrogen (secondary N) is 1. The molecule has 1 saturated heterocycles. The fraction of sp³-hybridized carbons (Fsp3) is 0.529. The van der Waals surface area contributed by atoms with Crippen LogP contribution in [0.1, 0.15) is 37.7 Å². The van der Waals surface area contributed by atoms with Crippen molar-refractivity contribution in [3.8, 4) is 5.75 Å². The lowest BCUT2D eigenvalue weighted by atomic mass is 10.2. The monoisotopic (exact) mass is 304 g/mol. The molecule has 0 unspecified atom stereocenters. The van der Waals surface area contributed by atoms with Crippen LogP contribution in [0.25, 0.3) is 0 Å². The summed E-state index contributed by atoms with van der Waals surface area (Å²) in [5.41, 5.74) is 0.983. The first-order chi connectivity index (χ1) is 10.7. The van der Waals surface area contributed by atoms with E-state index in [4.69, 9.17) is 4.74 Å². The zero-order valence-electron chi connectivity index (χ0n) is 13.1. The van der Waals surface area contributed by atoms with Crippen LogP contribution in [0.2, 0.25) is 0 Å². The molecule has 0 aliphatic carbocycles. The summed E-state index contributed by atoms with van der Waals surface area (Å²) in [5, 5.41) is 2.79. The van der Waals surface area contributed by atoms with Gasteiger partial charge in [0.25, 0.3) is 0 Å². The molecule has 1 aliphatic heterocycles. The fourth-order valence-electron chi connectivity index (χ4n) is 2.58. The summed E-state index contributed by atoms with van der Waals surface area (Å²) < 4.78 is 5.09. The zero-order valence-corrected chi connectivity index (χ0v) is 13.1. The molecule has 2 rings (SSSR count). The van der Waals surface area contributed by atoms with Gasteiger partial charge in [0.2, 0.25) is 11.8 Å². The molecule has 1 N–H and O–H groups in total. The van der Waals surface area contributed by atoms with Crippen LogP contribution in [0, 0.1) is 0 Å². The van der Waals surface area contributed by atoms with Gasteiger partial charge in [0.15, 0.2) is 0 Å². The Morgan fingerprint density at radius 3 is 2.32 bits per heavy atom. The molecular formula is C17H24N2O3. The van der Waals surface area contributed by atoms with Gasteiger partial charge in [0, 0.05) is 19.6 Å². The van der Waals surface area contributed by atoms with Gasteiger partial charge in [-0.2, -0.15) is 0 Å². The van der Waals surface area contributed by atoms with Crippen molar-refractivity contribution in [1.82, 2.24) is 10.2 Å². The lowest BCUT2D eigenvalue weighted by Crippen LogP contribution is -2.36. The highest BCUT2D eigenvalue weighted by Gasteiger charge is 2.18. The molecule has 22 heavy (non-hydrogen) atoms. The number of likely N-dealkylation sites (tertiary alicyclic amines) is 1. The van der Waals surface area contributed by atoms with Gasteiger partial charge in [-0.05, 0) is 30.5 Å². The van der Waals surface area contributed by atoms with Crippen LogP contribution in [0.15, 0.2) is 24.3 Å². The van der Waals surface area contributed by atoms with E-state index in [1.807, 2.05) is 29.2 Å². The van der Waals surface area contributed by atoms with Crippen LogP contribution < -0.4 is 10.1 Å². The van der Waals surface area contributed by atoms with Gasteiger partial charge >= 0.3 is 0 Å². The van der Waals surface area contributed by atoms with Crippen molar-refractivity contribution in [2.45, 2.75) is 38.6 Å². The van der Waals surface area contributed by atoms with Crippen molar-refractivity contribution < 1.29 is 14.3 Å². The van der Waals surface area contributed by atoms with Crippen molar-refractivity contribution in [3.63, 3.8) is 0 Å². The van der Waals surface area contributed by atoms with Crippen molar-refractivity contribution in [2.24, 2.45) is 0 Å². The van der Waals surface area contributed by atoms with Crippen molar-refractivity contribution in [3.05, 3.63) is 29.8 Å². The second-order valence-electron chi connectivity index (χ2n) is 5.60. The third-order valence-electron chi connectivity index (χ3n) is 3.92. The van der Waals surface area contributed by atoms with Crippen LogP contribution >= 0.6 is 0 Å². The van der Waals surface area contributed by atoms with Crippen molar-refractivity contribution in [2.75, 3.05) is 20.2 Å². The van der Waals surface area contributed by atoms with E-state index in [2.05, 4.69) is 5.32 Å². The number of methoxy groups -OCH3 is 1. The maximum Gasteiger partial charge on any atom is 0.232 e. The third kappa shape index (κ3) is 5.06. The summed E-state index contributed by atoms with van der Waals surface area (Å²) in [7, 11) is 1.62. The predicted molar refractivity (Wildman–Crippen MR) is 84.5 cm³/mol. The summed E-state index contributed by atoms with van der Waals surface area (Å²) in [6, 6.07) is 7.50. The smallest absolute Gasteiger partial charge is 0.232 e. The highest BCUT2D eigenvalue weighted by molar-refractivity contribution is 5.96. The number of ether oxygens (including phenoxy) is 1. The Balaban J connectivity index is 1.75. The highest BCUT2D eigenvalue weighted by atomic mass is 16.5. The Hall–Kier alpha value is -2.04. The number of benzene rings is 1. The number of hydrogen-bond donors (Lipinski definition) is 1. The van der Waals surface area contributed by atoms with Crippen LogP contribution in [0.3, 0.4) is 0 Å². The fourth-order valence-corrected chi connectivity index (χ4v) is 2.58. The van der Waals surface area contributed by atoms with E-state index >= 15 is 0 Å². The average Bonchev–Trinajstić information content (AvgIpc) is 2.82. The standard InChI is InChI=1S/C17H24N2O3/c1-22-15-8-6-14(7-9-15)13-18-16(20)12-17(21)19-10-4-2-3-5-11-19/h6-9H,2-5,10-13H2,1H3,(H,18,20). The molecule has 0 bridgehead atoms. The number of hydrogen-bond acceptors (Lipinski definition) is 3. The summed E-state index contributed by atoms with van der Waals surface area (Å²) in [5.74, 6) is 0.505. The minimum absolute atomic E-state index is 0.0594. The van der Waals surface area contributed by atoms with Crippen LogP contribution in [-0.4, -0.2) is 36.9 Å². The van der Waals surface area contributed by atoms with E-state index < -0.39 is 0 Å². The van der Waals surface area contributed by atoms with Crippen LogP contribution in [0.5, 0.6) is 5.75 Å². The lowest BCUT2D eigenvalue weighted by molar-refractivity contribution is -0.136. The molecule has 0 radical (unpaired) electrons. The molecule has 0 saturated carbocycles. The van der Waals surface area contributed by atoms with Crippen molar-refractivity contribution in [1.29, 1.82) is 0 Å². The molecule has 1 aromatic carbocycles. The number of carbonyl (C=O) groups is 2. The normalized spacial score (nSPS) is 15.0. The molecule has 120 valence electrons. The minimum atomic E-state index is -0.218. The van der Waals surface area contributed by atoms with Crippen LogP contribution in [0.4, 0.5) is 0 Å². The number of rotatable bonds is 5. The first kappa shape index (κ1) is 16.3. The molecule has 0 aromatic heterocycles. The summed E-state index contributed by atoms with van der Waals surface area (Å²) >= 11 is 0. The van der Waals surface area contributed by atoms with E-state index in [0.29, 0.717) is 6.54 Å². The number of nitrogens with zero attached hydrogens (tertiary/aromatic N) is 1. The molecule has 1 aliphatic rings. The van der Waals surface area contributed by atoms with Gasteiger partial charge in [0.1, 0.15) is 12.2 Å². The molecule has 2 amide bonds. The maximum absolute atomic E-state index is 12.1. The Morgan fingerprint density at radius 2 is 1.73 bits per heavy atom. The van der Waals surface area contributed by atoms with Crippen molar-refractivity contribution >= 4 is 11.8 Å². The second-order valence-corrected chi connectivity index (χ2v) is 5.60. The van der Waals surface area contributed by atoms with E-state index in [1.165, 1.54) is 12.8 Å². The first-order valence-electron chi connectivity index (χ1n) is 7.86.